The summed E-state index contributed by atoms with van der Waals surface area (Å²) in [5.74, 6) is 0.811. The van der Waals surface area contributed by atoms with Crippen LogP contribution in [-0.4, -0.2) is 64.9 Å². The van der Waals surface area contributed by atoms with E-state index in [2.05, 4.69) is 45.4 Å². The molecule has 0 bridgehead atoms. The lowest BCUT2D eigenvalue weighted by molar-refractivity contribution is -0.384. The average molecular weight is 467 g/mol. The van der Waals surface area contributed by atoms with Crippen LogP contribution in [0, 0.1) is 17.0 Å². The number of benzene rings is 2. The molecule has 1 aliphatic heterocycles. The fourth-order valence-electron chi connectivity index (χ4n) is 3.73. The molecule has 0 atom stereocenters. The molecule has 2 aromatic carbocycles. The van der Waals surface area contributed by atoms with Crippen LogP contribution in [0.3, 0.4) is 0 Å². The number of likely N-dealkylation sites (N-methyl/N-ethyl adjacent to an activating group) is 1. The lowest BCUT2D eigenvalue weighted by Gasteiger charge is -2.36. The van der Waals surface area contributed by atoms with Crippen LogP contribution in [0.25, 0.3) is 0 Å². The van der Waals surface area contributed by atoms with E-state index in [-0.39, 0.29) is 18.1 Å². The summed E-state index contributed by atoms with van der Waals surface area (Å²) in [5.41, 5.74) is 3.39. The summed E-state index contributed by atoms with van der Waals surface area (Å²) in [7, 11) is 1.86. The lowest BCUT2D eigenvalue weighted by Crippen LogP contribution is -2.51. The van der Waals surface area contributed by atoms with E-state index in [9.17, 15) is 14.9 Å². The molecule has 1 fully saturated rings. The number of hydrogen-bond donors (Lipinski definition) is 0. The maximum Gasteiger partial charge on any atom is 0.269 e. The Kier molecular flexibility index (Phi) is 6.83. The van der Waals surface area contributed by atoms with E-state index in [0.717, 1.165) is 22.2 Å². The van der Waals surface area contributed by atoms with Gasteiger partial charge in [0, 0.05) is 69.0 Å². The Morgan fingerprint density at radius 2 is 1.76 bits per heavy atom. The average Bonchev–Trinajstić information content (AvgIpc) is 3.29. The number of non-ortho nitro benzene ring substituents is 1. The minimum absolute atomic E-state index is 0.0520. The Bertz CT molecular complexity index is 1110. The topological polar surface area (TPSA) is 95.7 Å². The smallest absolute Gasteiger partial charge is 0.269 e. The summed E-state index contributed by atoms with van der Waals surface area (Å²) in [6, 6.07) is 14.9. The highest BCUT2D eigenvalue weighted by Crippen LogP contribution is 2.21. The monoisotopic (exact) mass is 466 g/mol. The molecule has 3 aromatic rings. The van der Waals surface area contributed by atoms with E-state index in [0.29, 0.717) is 32.6 Å². The first kappa shape index (κ1) is 22.7. The number of aryl methyl sites for hydroxylation is 1. The Morgan fingerprint density at radius 3 is 2.39 bits per heavy atom. The fraction of sp³-hybridized carbons (Fsp3) is 0.348. The number of carbonyl (C=O) groups excluding carboxylic acids is 1. The summed E-state index contributed by atoms with van der Waals surface area (Å²) >= 11 is 1.31. The number of piperazine rings is 1. The van der Waals surface area contributed by atoms with Gasteiger partial charge in [0.15, 0.2) is 0 Å². The number of nitrogens with zero attached hydrogens (tertiary/aromatic N) is 6. The van der Waals surface area contributed by atoms with Crippen molar-refractivity contribution in [1.29, 1.82) is 0 Å². The molecule has 1 amide bonds. The zero-order valence-corrected chi connectivity index (χ0v) is 19.5. The second-order valence-corrected chi connectivity index (χ2v) is 8.88. The molecule has 0 N–H and O–H groups in total. The Balaban J connectivity index is 1.27. The number of carbonyl (C=O) groups is 1. The highest BCUT2D eigenvalue weighted by molar-refractivity contribution is 7.09. The highest BCUT2D eigenvalue weighted by Gasteiger charge is 2.23. The van der Waals surface area contributed by atoms with Crippen LogP contribution in [0.15, 0.2) is 48.5 Å². The maximum atomic E-state index is 12.8. The molecule has 172 valence electrons. The third-order valence-electron chi connectivity index (χ3n) is 5.70. The van der Waals surface area contributed by atoms with Gasteiger partial charge in [0.2, 0.25) is 11.0 Å². The van der Waals surface area contributed by atoms with Crippen LogP contribution in [0.5, 0.6) is 0 Å². The van der Waals surface area contributed by atoms with E-state index >= 15 is 0 Å². The summed E-state index contributed by atoms with van der Waals surface area (Å²) in [6.07, 6.45) is 0.670. The number of rotatable bonds is 7. The first-order valence-electron chi connectivity index (χ1n) is 10.8. The predicted octanol–water partition coefficient (Wildman–Crippen LogP) is 3.13. The minimum Gasteiger partial charge on any atom is -0.368 e. The van der Waals surface area contributed by atoms with Crippen LogP contribution in [0.2, 0.25) is 0 Å². The van der Waals surface area contributed by atoms with Crippen molar-refractivity contribution in [3.63, 3.8) is 0 Å². The molecule has 2 heterocycles. The largest absolute Gasteiger partial charge is 0.368 e. The minimum atomic E-state index is -0.402. The van der Waals surface area contributed by atoms with Gasteiger partial charge in [-0.3, -0.25) is 14.9 Å². The molecule has 1 aliphatic rings. The van der Waals surface area contributed by atoms with E-state index < -0.39 is 4.92 Å². The van der Waals surface area contributed by atoms with Gasteiger partial charge >= 0.3 is 0 Å². The zero-order valence-electron chi connectivity index (χ0n) is 18.7. The van der Waals surface area contributed by atoms with Crippen molar-refractivity contribution in [2.24, 2.45) is 0 Å². The van der Waals surface area contributed by atoms with Gasteiger partial charge in [-0.25, -0.2) is 4.98 Å². The first-order chi connectivity index (χ1) is 15.9. The predicted molar refractivity (Wildman–Crippen MR) is 129 cm³/mol. The number of hydrogen-bond acceptors (Lipinski definition) is 8. The van der Waals surface area contributed by atoms with Gasteiger partial charge in [0.1, 0.15) is 5.82 Å². The third-order valence-corrected chi connectivity index (χ3v) is 6.57. The highest BCUT2D eigenvalue weighted by atomic mass is 32.1. The Morgan fingerprint density at radius 1 is 1.09 bits per heavy atom. The van der Waals surface area contributed by atoms with Crippen molar-refractivity contribution in [3.8, 4) is 0 Å². The number of amides is 1. The summed E-state index contributed by atoms with van der Waals surface area (Å²) in [6.45, 7) is 4.90. The molecule has 0 radical (unpaired) electrons. The quantitative estimate of drug-likeness (QED) is 0.390. The van der Waals surface area contributed by atoms with Crippen LogP contribution >= 0.6 is 11.5 Å². The van der Waals surface area contributed by atoms with E-state index in [1.54, 1.807) is 12.1 Å². The van der Waals surface area contributed by atoms with Crippen molar-refractivity contribution in [1.82, 2.24) is 14.3 Å². The molecule has 0 spiro atoms. The summed E-state index contributed by atoms with van der Waals surface area (Å²) in [4.78, 5) is 33.7. The molecule has 1 aromatic heterocycles. The maximum absolute atomic E-state index is 12.8. The first-order valence-corrected chi connectivity index (χ1v) is 11.5. The zero-order chi connectivity index (χ0) is 23.4. The summed E-state index contributed by atoms with van der Waals surface area (Å²) < 4.78 is 4.45. The SMILES string of the molecule is Cc1ccc(Cc2nsc(N(C)CC(=O)N3CCN(c4ccc([N+](=O)[O-])cc4)CC3)n2)cc1. The molecule has 0 aliphatic carbocycles. The Hall–Kier alpha value is -3.53. The van der Waals surface area contributed by atoms with E-state index in [4.69, 9.17) is 0 Å². The van der Waals surface area contributed by atoms with Crippen molar-refractivity contribution in [2.45, 2.75) is 13.3 Å². The van der Waals surface area contributed by atoms with Crippen molar-refractivity contribution < 1.29 is 9.72 Å². The van der Waals surface area contributed by atoms with E-state index in [1.807, 2.05) is 16.8 Å². The molecule has 10 heteroatoms. The van der Waals surface area contributed by atoms with Crippen LogP contribution in [0.1, 0.15) is 17.0 Å². The fourth-order valence-corrected chi connectivity index (χ4v) is 4.37. The van der Waals surface area contributed by atoms with Crippen LogP contribution < -0.4 is 9.80 Å². The number of anilines is 2. The number of aromatic nitrogens is 2. The molecular weight excluding hydrogens is 440 g/mol. The molecule has 0 saturated carbocycles. The van der Waals surface area contributed by atoms with Gasteiger partial charge in [-0.2, -0.15) is 4.37 Å². The van der Waals surface area contributed by atoms with Gasteiger partial charge in [0.05, 0.1) is 11.5 Å². The van der Waals surface area contributed by atoms with E-state index in [1.165, 1.54) is 29.2 Å². The van der Waals surface area contributed by atoms with Crippen LogP contribution in [-0.2, 0) is 11.2 Å². The normalized spacial score (nSPS) is 13.8. The van der Waals surface area contributed by atoms with Gasteiger partial charge in [-0.05, 0) is 24.6 Å². The molecule has 0 unspecified atom stereocenters. The van der Waals surface area contributed by atoms with Crippen molar-refractivity contribution in [3.05, 3.63) is 75.6 Å². The van der Waals surface area contributed by atoms with Crippen LogP contribution in [0.4, 0.5) is 16.5 Å². The summed E-state index contributed by atoms with van der Waals surface area (Å²) in [5, 5.41) is 11.6. The van der Waals surface area contributed by atoms with Gasteiger partial charge in [-0.15, -0.1) is 0 Å². The second-order valence-electron chi connectivity index (χ2n) is 8.15. The molecule has 4 rings (SSSR count). The number of nitro benzene ring substituents is 1. The molecule has 9 nitrogen and oxygen atoms in total. The van der Waals surface area contributed by atoms with Crippen molar-refractivity contribution in [2.75, 3.05) is 49.6 Å². The van der Waals surface area contributed by atoms with Gasteiger partial charge in [-0.1, -0.05) is 29.8 Å². The lowest BCUT2D eigenvalue weighted by atomic mass is 10.1. The number of nitro groups is 1. The molecular formula is C23H26N6O3S. The Labute approximate surface area is 196 Å². The van der Waals surface area contributed by atoms with Gasteiger partial charge < -0.3 is 14.7 Å². The third kappa shape index (κ3) is 5.64. The standard InChI is InChI=1S/C23H26N6O3S/c1-17-3-5-18(6-4-17)15-21-24-23(33-25-21)26(2)16-22(30)28-13-11-27(12-14-28)19-7-9-20(10-8-19)29(31)32/h3-10H,11-16H2,1-2H3. The molecule has 1 saturated heterocycles. The second kappa shape index (κ2) is 9.95. The van der Waals surface area contributed by atoms with Crippen molar-refractivity contribution >= 4 is 33.9 Å². The van der Waals surface area contributed by atoms with Gasteiger partial charge in [0.25, 0.3) is 5.69 Å². The molecule has 33 heavy (non-hydrogen) atoms.